The molecule has 6 aromatic rings. The molecule has 352 valence electrons. The summed E-state index contributed by atoms with van der Waals surface area (Å²) in [6.45, 7) is 4.67. The van der Waals surface area contributed by atoms with Crippen molar-refractivity contribution in [2.45, 2.75) is 155 Å². The topological polar surface area (TPSA) is 230 Å². The molecule has 3 heterocycles. The van der Waals surface area contributed by atoms with Crippen LogP contribution in [0.4, 0.5) is 11.4 Å². The molecule has 0 aliphatic rings. The fourth-order valence-electron chi connectivity index (χ4n) is 9.31. The van der Waals surface area contributed by atoms with E-state index < -0.39 is 46.3 Å². The van der Waals surface area contributed by atoms with Crippen LogP contribution in [0.1, 0.15) is 150 Å². The Labute approximate surface area is 383 Å². The Morgan fingerprint density at radius 3 is 1.60 bits per heavy atom. The zero-order valence-corrected chi connectivity index (χ0v) is 38.9. The van der Waals surface area contributed by atoms with Crippen molar-refractivity contribution in [2.75, 3.05) is 29.6 Å². The summed E-state index contributed by atoms with van der Waals surface area (Å²) in [5, 5.41) is 30.1. The minimum absolute atomic E-state index is 0.0871. The van der Waals surface area contributed by atoms with Crippen LogP contribution in [0.5, 0.6) is 11.5 Å². The van der Waals surface area contributed by atoms with Gasteiger partial charge in [-0.05, 0) is 69.2 Å². The second kappa shape index (κ2) is 23.1. The monoisotopic (exact) mass is 914 g/mol. The first kappa shape index (κ1) is 49.0. The Balaban J connectivity index is 0.730. The number of benzene rings is 2. The van der Waals surface area contributed by atoms with Crippen LogP contribution in [-0.4, -0.2) is 54.5 Å². The van der Waals surface area contributed by atoms with Crippen molar-refractivity contribution in [3.05, 3.63) is 66.0 Å². The molecule has 3 aromatic carbocycles. The normalized spacial score (nSPS) is 11.9. The molecule has 0 aliphatic heterocycles. The largest absolute Gasteiger partial charge is 0.501 e. The Kier molecular flexibility index (Phi) is 17.4. The first-order valence-corrected chi connectivity index (χ1v) is 24.8. The number of carboxylic acids is 2. The maximum atomic E-state index is 12.6. The number of hydrogen-bond donors (Lipinski definition) is 5. The number of nitrogens with two attached hydrogens (primary N) is 2. The van der Waals surface area contributed by atoms with Gasteiger partial charge in [-0.2, -0.15) is 11.8 Å². The van der Waals surface area contributed by atoms with E-state index >= 15 is 0 Å². The molecule has 0 radical (unpaired) electrons. The van der Waals surface area contributed by atoms with E-state index in [9.17, 15) is 34.2 Å². The molecule has 0 unspecified atom stereocenters. The summed E-state index contributed by atoms with van der Waals surface area (Å²) in [6.07, 6.45) is 24.4. The van der Waals surface area contributed by atoms with E-state index in [4.69, 9.17) is 25.7 Å². The van der Waals surface area contributed by atoms with Crippen molar-refractivity contribution in [1.29, 1.82) is 0 Å². The Morgan fingerprint density at radius 2 is 1.09 bits per heavy atom. The minimum atomic E-state index is -1.51. The summed E-state index contributed by atoms with van der Waals surface area (Å²) >= 11 is 2.10. The van der Waals surface area contributed by atoms with Gasteiger partial charge in [0.15, 0.2) is 12.2 Å². The third-order valence-electron chi connectivity index (χ3n) is 13.0. The number of aromatic hydroxyl groups is 1. The molecule has 0 saturated heterocycles. The number of aryl methyl sites for hydroxylation is 2. The second-order valence-electron chi connectivity index (χ2n) is 17.6. The van der Waals surface area contributed by atoms with Gasteiger partial charge >= 0.3 is 11.9 Å². The number of carbonyl (C=O) groups is 2. The van der Waals surface area contributed by atoms with E-state index in [2.05, 4.69) is 20.9 Å². The number of aromatic nitrogens is 2. The highest BCUT2D eigenvalue weighted by Gasteiger charge is 2.27. The number of carboxylic acid groups (broad SMARTS) is 2. The summed E-state index contributed by atoms with van der Waals surface area (Å²) in [5.41, 5.74) is 15.0. The van der Waals surface area contributed by atoms with E-state index in [1.165, 1.54) is 108 Å². The molecule has 0 fully saturated rings. The fourth-order valence-corrected chi connectivity index (χ4v) is 10.3. The first-order valence-electron chi connectivity index (χ1n) is 23.6. The molecular weight excluding hydrogens is 849 g/mol. The highest BCUT2D eigenvalue weighted by molar-refractivity contribution is 7.99. The van der Waals surface area contributed by atoms with Gasteiger partial charge in [0.25, 0.3) is 5.76 Å². The van der Waals surface area contributed by atoms with Crippen LogP contribution >= 0.6 is 11.8 Å². The van der Waals surface area contributed by atoms with Crippen LogP contribution in [0.2, 0.25) is 0 Å². The van der Waals surface area contributed by atoms with Crippen LogP contribution in [0.25, 0.3) is 43.5 Å². The van der Waals surface area contributed by atoms with Gasteiger partial charge in [0.05, 0.1) is 44.0 Å². The molecule has 3 aromatic heterocycles. The predicted octanol–water partition coefficient (Wildman–Crippen LogP) is 10.3. The number of hydrogen-bond acceptors (Lipinski definition) is 11. The number of fused-ring (bicyclic) bond motifs is 5. The number of nitrogen functional groups attached to an aromatic ring is 2. The number of ether oxygens (including phenoxy) is 1. The number of anilines is 2. The lowest BCUT2D eigenvalue weighted by Crippen LogP contribution is -2.31. The molecule has 0 saturated carbocycles. The van der Waals surface area contributed by atoms with Gasteiger partial charge in [-0.15, -0.1) is 0 Å². The van der Waals surface area contributed by atoms with E-state index in [1.54, 1.807) is 18.2 Å². The standard InChI is InChI=1S/C50H66N4O10S/c1-31-41(51)39-35(24-23-33-43(57)46(60)49(50(61)62)64-47(33)39)53(31)25-19-15-11-7-3-5-9-13-17-21-27-65-28-22-18-14-10-6-4-8-12-16-20-26-54-32(2)42(52)40-36(54)29-34-38(45(59)44(34)58)48(40)63-30-37(55)56/h23-24,29,60H,3-22,25-28,30,51-52H2,1-2H3,(H,55,56)(H,61,62). The van der Waals surface area contributed by atoms with Gasteiger partial charge in [-0.1, -0.05) is 103 Å². The average Bonchev–Trinajstić information content (AvgIpc) is 3.68. The fraction of sp³-hybridized carbons (Fsp3) is 0.540. The zero-order chi connectivity index (χ0) is 46.6. The van der Waals surface area contributed by atoms with Crippen LogP contribution in [0.3, 0.4) is 0 Å². The molecule has 14 nitrogen and oxygen atoms in total. The molecule has 0 spiro atoms. The molecule has 0 amide bonds. The van der Waals surface area contributed by atoms with Crippen LogP contribution in [0, 0.1) is 13.8 Å². The Bertz CT molecular complexity index is 2760. The summed E-state index contributed by atoms with van der Waals surface area (Å²) in [7, 11) is 0. The quantitative estimate of drug-likeness (QED) is 0.0209. The van der Waals surface area contributed by atoms with Gasteiger partial charge in [0, 0.05) is 29.9 Å². The highest BCUT2D eigenvalue weighted by Crippen LogP contribution is 2.40. The third-order valence-corrected chi connectivity index (χ3v) is 14.2. The zero-order valence-electron chi connectivity index (χ0n) is 38.1. The van der Waals surface area contributed by atoms with E-state index in [0.717, 1.165) is 62.1 Å². The highest BCUT2D eigenvalue weighted by atomic mass is 32.2. The predicted molar refractivity (Wildman–Crippen MR) is 262 cm³/mol. The molecule has 65 heavy (non-hydrogen) atoms. The number of aromatic carboxylic acids is 1. The van der Waals surface area contributed by atoms with Gasteiger partial charge in [-0.3, -0.25) is 14.4 Å². The molecule has 7 N–H and O–H groups in total. The SMILES string of the molecule is Cc1c(N)c2c(OCC(=O)O)c3c(=O)c(=O)c3cc2n1CCCCCCCCCCCCSCCCCCCCCCCCCn1c(C)c(N)c2c3oc(C(=O)O)c(O)c(=O)c3ccc21. The smallest absolute Gasteiger partial charge is 0.375 e. The number of aliphatic carboxylic acids is 1. The van der Waals surface area contributed by atoms with Crippen molar-refractivity contribution in [3.63, 3.8) is 0 Å². The van der Waals surface area contributed by atoms with Gasteiger partial charge in [0.2, 0.25) is 22.0 Å². The number of nitrogens with zero attached hydrogens (tertiary/aromatic N) is 2. The summed E-state index contributed by atoms with van der Waals surface area (Å²) in [5.74, 6) is -1.75. The van der Waals surface area contributed by atoms with Crippen molar-refractivity contribution >= 4 is 78.6 Å². The van der Waals surface area contributed by atoms with Crippen molar-refractivity contribution in [1.82, 2.24) is 9.13 Å². The molecule has 0 bridgehead atoms. The van der Waals surface area contributed by atoms with E-state index in [-0.39, 0.29) is 27.5 Å². The summed E-state index contributed by atoms with van der Waals surface area (Å²) in [4.78, 5) is 59.9. The number of rotatable bonds is 30. The molecule has 6 rings (SSSR count). The van der Waals surface area contributed by atoms with E-state index in [1.807, 2.05) is 13.8 Å². The van der Waals surface area contributed by atoms with Crippen molar-refractivity contribution < 1.29 is 34.1 Å². The lowest BCUT2D eigenvalue weighted by molar-refractivity contribution is -0.139. The number of unbranched alkanes of at least 4 members (excludes halogenated alkanes) is 18. The molecule has 0 atom stereocenters. The number of thioether (sulfide) groups is 1. The lowest BCUT2D eigenvalue weighted by Gasteiger charge is -2.12. The van der Waals surface area contributed by atoms with Crippen molar-refractivity contribution in [3.8, 4) is 11.5 Å². The van der Waals surface area contributed by atoms with Gasteiger partial charge < -0.3 is 45.1 Å². The second-order valence-corrected chi connectivity index (χ2v) is 18.8. The van der Waals surface area contributed by atoms with Crippen LogP contribution in [-0.2, 0) is 17.9 Å². The third kappa shape index (κ3) is 11.3. The first-order chi connectivity index (χ1) is 31.3. The maximum absolute atomic E-state index is 12.6. The molecular formula is C50H66N4O10S. The van der Waals surface area contributed by atoms with Crippen LogP contribution in [0.15, 0.2) is 37.0 Å². The molecule has 15 heteroatoms. The summed E-state index contributed by atoms with van der Waals surface area (Å²) < 4.78 is 15.2. The average molecular weight is 915 g/mol. The Hall–Kier alpha value is -5.44. The lowest BCUT2D eigenvalue weighted by atomic mass is 10.0. The van der Waals surface area contributed by atoms with E-state index in [0.29, 0.717) is 27.7 Å². The summed E-state index contributed by atoms with van der Waals surface area (Å²) in [6, 6.07) is 5.04. The Morgan fingerprint density at radius 1 is 0.615 bits per heavy atom. The molecule has 0 aliphatic carbocycles. The van der Waals surface area contributed by atoms with Gasteiger partial charge in [-0.25, -0.2) is 9.59 Å². The van der Waals surface area contributed by atoms with Crippen molar-refractivity contribution in [2.24, 2.45) is 0 Å². The van der Waals surface area contributed by atoms with Gasteiger partial charge in [0.1, 0.15) is 5.75 Å². The van der Waals surface area contributed by atoms with Crippen LogP contribution < -0.4 is 32.5 Å². The maximum Gasteiger partial charge on any atom is 0.375 e. The minimum Gasteiger partial charge on any atom is -0.501 e.